The maximum atomic E-state index is 11.9. The van der Waals surface area contributed by atoms with Gasteiger partial charge in [0.1, 0.15) is 5.69 Å². The van der Waals surface area contributed by atoms with Crippen LogP contribution in [0.3, 0.4) is 0 Å². The number of amides is 1. The number of nitrogens with zero attached hydrogens (tertiary/aromatic N) is 2. The average molecular weight is 292 g/mol. The SMILES string of the molecule is CC(CBr)N(C)C(=O)c1ccc(Cl)cn1. The maximum absolute atomic E-state index is 11.9. The predicted molar refractivity (Wildman–Crippen MR) is 64.6 cm³/mol. The van der Waals surface area contributed by atoms with Gasteiger partial charge in [0.05, 0.1) is 5.02 Å². The molecule has 1 heterocycles. The fourth-order valence-electron chi connectivity index (χ4n) is 0.987. The van der Waals surface area contributed by atoms with Crippen LogP contribution in [0.5, 0.6) is 0 Å². The summed E-state index contributed by atoms with van der Waals surface area (Å²) in [5.41, 5.74) is 0.412. The predicted octanol–water partition coefficient (Wildman–Crippen LogP) is 2.59. The standard InChI is InChI=1S/C10H12BrClN2O/c1-7(5-11)14(2)10(15)9-4-3-8(12)6-13-9/h3-4,6-7H,5H2,1-2H3. The van der Waals surface area contributed by atoms with Gasteiger partial charge in [-0.1, -0.05) is 27.5 Å². The second-order valence-corrected chi connectivity index (χ2v) is 4.36. The molecule has 0 spiro atoms. The van der Waals surface area contributed by atoms with Crippen molar-refractivity contribution in [3.63, 3.8) is 0 Å². The lowest BCUT2D eigenvalue weighted by molar-refractivity contribution is 0.0752. The molecule has 0 fully saturated rings. The van der Waals surface area contributed by atoms with Crippen LogP contribution in [0.25, 0.3) is 0 Å². The van der Waals surface area contributed by atoms with E-state index >= 15 is 0 Å². The van der Waals surface area contributed by atoms with Crippen molar-refractivity contribution in [1.82, 2.24) is 9.88 Å². The third-order valence-corrected chi connectivity index (χ3v) is 3.31. The first kappa shape index (κ1) is 12.5. The summed E-state index contributed by atoms with van der Waals surface area (Å²) in [5.74, 6) is -0.0985. The topological polar surface area (TPSA) is 33.2 Å². The second kappa shape index (κ2) is 5.47. The highest BCUT2D eigenvalue weighted by Gasteiger charge is 2.17. The monoisotopic (exact) mass is 290 g/mol. The summed E-state index contributed by atoms with van der Waals surface area (Å²) in [6, 6.07) is 3.42. The van der Waals surface area contributed by atoms with Crippen LogP contribution in [-0.4, -0.2) is 34.2 Å². The molecule has 1 atom stereocenters. The zero-order valence-electron chi connectivity index (χ0n) is 8.58. The summed E-state index contributed by atoms with van der Waals surface area (Å²) in [4.78, 5) is 17.5. The smallest absolute Gasteiger partial charge is 0.272 e. The van der Waals surface area contributed by atoms with Gasteiger partial charge in [0.25, 0.3) is 5.91 Å². The lowest BCUT2D eigenvalue weighted by Crippen LogP contribution is -2.36. The van der Waals surface area contributed by atoms with Gasteiger partial charge in [0.2, 0.25) is 0 Å². The number of aromatic nitrogens is 1. The molecule has 0 aromatic carbocycles. The third-order valence-electron chi connectivity index (χ3n) is 2.15. The molecule has 0 N–H and O–H groups in total. The first-order valence-corrected chi connectivity index (χ1v) is 6.01. The molecule has 0 aliphatic carbocycles. The average Bonchev–Trinajstić information content (AvgIpc) is 2.27. The molecule has 0 bridgehead atoms. The first-order chi connectivity index (χ1) is 7.06. The molecular weight excluding hydrogens is 279 g/mol. The Morgan fingerprint density at radius 2 is 2.33 bits per heavy atom. The lowest BCUT2D eigenvalue weighted by atomic mass is 10.3. The van der Waals surface area contributed by atoms with E-state index in [0.717, 1.165) is 5.33 Å². The number of carbonyl (C=O) groups excluding carboxylic acids is 1. The second-order valence-electron chi connectivity index (χ2n) is 3.28. The normalized spacial score (nSPS) is 12.3. The van der Waals surface area contributed by atoms with Crippen molar-refractivity contribution in [3.05, 3.63) is 29.0 Å². The summed E-state index contributed by atoms with van der Waals surface area (Å²) in [5, 5.41) is 1.27. The molecule has 1 unspecified atom stereocenters. The van der Waals surface area contributed by atoms with E-state index in [0.29, 0.717) is 10.7 Å². The Morgan fingerprint density at radius 3 is 2.80 bits per heavy atom. The number of carbonyl (C=O) groups is 1. The van der Waals surface area contributed by atoms with Crippen LogP contribution >= 0.6 is 27.5 Å². The van der Waals surface area contributed by atoms with E-state index in [1.54, 1.807) is 24.1 Å². The number of hydrogen-bond acceptors (Lipinski definition) is 2. The molecule has 5 heteroatoms. The van der Waals surface area contributed by atoms with Crippen LogP contribution in [0.15, 0.2) is 18.3 Å². The van der Waals surface area contributed by atoms with Crippen molar-refractivity contribution in [1.29, 1.82) is 0 Å². The van der Waals surface area contributed by atoms with Crippen LogP contribution in [0.1, 0.15) is 17.4 Å². The molecule has 1 amide bonds. The van der Waals surface area contributed by atoms with E-state index in [2.05, 4.69) is 20.9 Å². The molecule has 0 radical (unpaired) electrons. The molecule has 1 aromatic rings. The minimum atomic E-state index is -0.0985. The summed E-state index contributed by atoms with van der Waals surface area (Å²) >= 11 is 9.02. The molecule has 1 rings (SSSR count). The van der Waals surface area contributed by atoms with Crippen molar-refractivity contribution in [2.45, 2.75) is 13.0 Å². The third kappa shape index (κ3) is 3.18. The molecule has 82 valence electrons. The highest BCUT2D eigenvalue weighted by atomic mass is 79.9. The molecule has 1 aromatic heterocycles. The van der Waals surface area contributed by atoms with Crippen LogP contribution in [0.2, 0.25) is 5.02 Å². The number of halogens is 2. The van der Waals surface area contributed by atoms with E-state index in [-0.39, 0.29) is 11.9 Å². The molecule has 0 aliphatic rings. The Bertz CT molecular complexity index is 342. The van der Waals surface area contributed by atoms with Gasteiger partial charge in [-0.05, 0) is 19.1 Å². The summed E-state index contributed by atoms with van der Waals surface area (Å²) < 4.78 is 0. The van der Waals surface area contributed by atoms with Crippen molar-refractivity contribution in [3.8, 4) is 0 Å². The van der Waals surface area contributed by atoms with E-state index in [4.69, 9.17) is 11.6 Å². The van der Waals surface area contributed by atoms with Crippen LogP contribution in [0, 0.1) is 0 Å². The van der Waals surface area contributed by atoms with E-state index in [1.165, 1.54) is 6.20 Å². The van der Waals surface area contributed by atoms with E-state index in [1.807, 2.05) is 6.92 Å². The zero-order chi connectivity index (χ0) is 11.4. The molecule has 15 heavy (non-hydrogen) atoms. The number of pyridine rings is 1. The van der Waals surface area contributed by atoms with E-state index < -0.39 is 0 Å². The Hall–Kier alpha value is -0.610. The molecule has 3 nitrogen and oxygen atoms in total. The van der Waals surface area contributed by atoms with Gasteiger partial charge < -0.3 is 4.90 Å². The largest absolute Gasteiger partial charge is 0.337 e. The number of rotatable bonds is 3. The molecular formula is C10H12BrClN2O. The maximum Gasteiger partial charge on any atom is 0.272 e. The highest BCUT2D eigenvalue weighted by molar-refractivity contribution is 9.09. The minimum Gasteiger partial charge on any atom is -0.337 e. The lowest BCUT2D eigenvalue weighted by Gasteiger charge is -2.22. The molecule has 0 saturated carbocycles. The first-order valence-electron chi connectivity index (χ1n) is 4.51. The highest BCUT2D eigenvalue weighted by Crippen LogP contribution is 2.09. The Balaban J connectivity index is 2.80. The quantitative estimate of drug-likeness (QED) is 0.802. The van der Waals surface area contributed by atoms with Crippen molar-refractivity contribution in [2.75, 3.05) is 12.4 Å². The molecule has 0 saturated heterocycles. The number of hydrogen-bond donors (Lipinski definition) is 0. The Morgan fingerprint density at radius 1 is 1.67 bits per heavy atom. The van der Waals surface area contributed by atoms with Gasteiger partial charge in [-0.15, -0.1) is 0 Å². The summed E-state index contributed by atoms with van der Waals surface area (Å²) in [7, 11) is 1.75. The van der Waals surface area contributed by atoms with Crippen LogP contribution in [0.4, 0.5) is 0 Å². The fraction of sp³-hybridized carbons (Fsp3) is 0.400. The van der Waals surface area contributed by atoms with Crippen molar-refractivity contribution >= 4 is 33.4 Å². The van der Waals surface area contributed by atoms with Gasteiger partial charge in [-0.2, -0.15) is 0 Å². The minimum absolute atomic E-state index is 0.0985. The molecule has 0 aliphatic heterocycles. The van der Waals surface area contributed by atoms with Gasteiger partial charge in [-0.3, -0.25) is 4.79 Å². The van der Waals surface area contributed by atoms with Gasteiger partial charge >= 0.3 is 0 Å². The van der Waals surface area contributed by atoms with Gasteiger partial charge in [0.15, 0.2) is 0 Å². The van der Waals surface area contributed by atoms with Crippen LogP contribution < -0.4 is 0 Å². The van der Waals surface area contributed by atoms with Crippen molar-refractivity contribution in [2.24, 2.45) is 0 Å². The van der Waals surface area contributed by atoms with Crippen LogP contribution in [-0.2, 0) is 0 Å². The Kier molecular flexibility index (Phi) is 4.54. The zero-order valence-corrected chi connectivity index (χ0v) is 10.9. The summed E-state index contributed by atoms with van der Waals surface area (Å²) in [6.45, 7) is 1.96. The fourth-order valence-corrected chi connectivity index (χ4v) is 1.53. The van der Waals surface area contributed by atoms with Gasteiger partial charge in [-0.25, -0.2) is 4.98 Å². The van der Waals surface area contributed by atoms with Gasteiger partial charge in [0, 0.05) is 24.6 Å². The Labute approximate surface area is 103 Å². The van der Waals surface area contributed by atoms with E-state index in [9.17, 15) is 4.79 Å². The van der Waals surface area contributed by atoms with Crippen molar-refractivity contribution < 1.29 is 4.79 Å². The number of alkyl halides is 1. The summed E-state index contributed by atoms with van der Waals surface area (Å²) in [6.07, 6.45) is 1.47.